The first-order chi connectivity index (χ1) is 4.52. The molecule has 1 aliphatic heterocycles. The van der Waals surface area contributed by atoms with E-state index in [-0.39, 0.29) is 17.4 Å². The summed E-state index contributed by atoms with van der Waals surface area (Å²) in [5.41, 5.74) is 2.17. The van der Waals surface area contributed by atoms with Gasteiger partial charge in [-0.25, -0.2) is 5.43 Å². The van der Waals surface area contributed by atoms with Crippen LogP contribution < -0.4 is 5.43 Å². The van der Waals surface area contributed by atoms with Crippen molar-refractivity contribution in [2.75, 3.05) is 0 Å². The third-order valence-corrected chi connectivity index (χ3v) is 1.40. The van der Waals surface area contributed by atoms with E-state index < -0.39 is 0 Å². The minimum Gasteiger partial charge on any atom is -0.271 e. The summed E-state index contributed by atoms with van der Waals surface area (Å²) in [5.74, 6) is -0.104. The zero-order valence-corrected chi connectivity index (χ0v) is 6.38. The van der Waals surface area contributed by atoms with E-state index >= 15 is 0 Å². The first-order valence-electron chi connectivity index (χ1n) is 3.21. The Labute approximate surface area is 59.7 Å². The lowest BCUT2D eigenvalue weighted by atomic mass is 9.87. The Balaban J connectivity index is 2.73. The molecule has 4 heteroatoms. The van der Waals surface area contributed by atoms with Gasteiger partial charge < -0.3 is 0 Å². The Morgan fingerprint density at radius 3 is 2.30 bits per heavy atom. The van der Waals surface area contributed by atoms with Gasteiger partial charge in [0.2, 0.25) is 0 Å². The molecule has 1 rings (SSSR count). The summed E-state index contributed by atoms with van der Waals surface area (Å²) < 4.78 is 0. The molecule has 0 aliphatic carbocycles. The standard InChI is InChI=1S/C6H11N3O/c1-6(2,3)4-5(10)8-9-7-4/h4H,1-3H3,(H,7,8,10). The molecule has 1 amide bonds. The van der Waals surface area contributed by atoms with Crippen LogP contribution in [0, 0.1) is 5.41 Å². The maximum atomic E-state index is 10.9. The molecule has 1 heterocycles. The lowest BCUT2D eigenvalue weighted by Crippen LogP contribution is -2.34. The lowest BCUT2D eigenvalue weighted by molar-refractivity contribution is -0.122. The van der Waals surface area contributed by atoms with Gasteiger partial charge >= 0.3 is 0 Å². The van der Waals surface area contributed by atoms with Crippen molar-refractivity contribution in [2.45, 2.75) is 26.8 Å². The predicted octanol–water partition coefficient (Wildman–Crippen LogP) is 0.898. The molecule has 0 aromatic carbocycles. The second-order valence-corrected chi connectivity index (χ2v) is 3.46. The van der Waals surface area contributed by atoms with E-state index in [1.807, 2.05) is 20.8 Å². The number of rotatable bonds is 0. The summed E-state index contributed by atoms with van der Waals surface area (Å²) in [6.07, 6.45) is 0. The average molecular weight is 141 g/mol. The van der Waals surface area contributed by atoms with E-state index in [4.69, 9.17) is 0 Å². The molecular formula is C6H11N3O. The van der Waals surface area contributed by atoms with Crippen LogP contribution in [0.3, 0.4) is 0 Å². The zero-order chi connectivity index (χ0) is 7.78. The molecule has 0 spiro atoms. The van der Waals surface area contributed by atoms with Gasteiger partial charge in [0.1, 0.15) is 0 Å². The van der Waals surface area contributed by atoms with Crippen LogP contribution in [0.25, 0.3) is 0 Å². The fraction of sp³-hybridized carbons (Fsp3) is 0.833. The molecule has 1 N–H and O–H groups in total. The number of nitrogens with zero attached hydrogens (tertiary/aromatic N) is 2. The summed E-state index contributed by atoms with van der Waals surface area (Å²) in [6, 6.07) is -0.313. The van der Waals surface area contributed by atoms with Crippen molar-refractivity contribution in [2.24, 2.45) is 15.8 Å². The van der Waals surface area contributed by atoms with Crippen molar-refractivity contribution >= 4 is 5.91 Å². The van der Waals surface area contributed by atoms with E-state index in [9.17, 15) is 4.79 Å². The number of carbonyl (C=O) groups excluding carboxylic acids is 1. The van der Waals surface area contributed by atoms with Crippen molar-refractivity contribution in [3.63, 3.8) is 0 Å². The monoisotopic (exact) mass is 141 g/mol. The molecule has 0 saturated carbocycles. The molecule has 0 bridgehead atoms. The number of nitrogens with one attached hydrogen (secondary N) is 1. The third kappa shape index (κ3) is 1.15. The fourth-order valence-corrected chi connectivity index (χ4v) is 0.816. The minimum absolute atomic E-state index is 0.104. The van der Waals surface area contributed by atoms with Crippen LogP contribution in [0.1, 0.15) is 20.8 Å². The van der Waals surface area contributed by atoms with Gasteiger partial charge in [-0.15, -0.1) is 0 Å². The SMILES string of the molecule is CC(C)(C)C1N=NNC1=O. The van der Waals surface area contributed by atoms with Crippen LogP contribution in [-0.4, -0.2) is 11.9 Å². The van der Waals surface area contributed by atoms with Crippen LogP contribution in [-0.2, 0) is 4.79 Å². The third-order valence-electron chi connectivity index (χ3n) is 1.40. The lowest BCUT2D eigenvalue weighted by Gasteiger charge is -2.19. The molecule has 0 radical (unpaired) electrons. The van der Waals surface area contributed by atoms with Gasteiger partial charge in [0.25, 0.3) is 5.91 Å². The van der Waals surface area contributed by atoms with Crippen molar-refractivity contribution in [3.8, 4) is 0 Å². The molecular weight excluding hydrogens is 130 g/mol. The van der Waals surface area contributed by atoms with E-state index in [2.05, 4.69) is 15.8 Å². The van der Waals surface area contributed by atoms with Gasteiger partial charge in [0, 0.05) is 0 Å². The van der Waals surface area contributed by atoms with Gasteiger partial charge in [-0.05, 0) is 5.41 Å². The Kier molecular flexibility index (Phi) is 1.46. The first-order valence-corrected chi connectivity index (χ1v) is 3.21. The molecule has 0 aromatic heterocycles. The summed E-state index contributed by atoms with van der Waals surface area (Å²) in [6.45, 7) is 5.88. The van der Waals surface area contributed by atoms with Crippen molar-refractivity contribution in [3.05, 3.63) is 0 Å². The van der Waals surface area contributed by atoms with Crippen LogP contribution in [0.5, 0.6) is 0 Å². The smallest absolute Gasteiger partial charge is 0.268 e. The summed E-state index contributed by atoms with van der Waals surface area (Å²) in [5, 5.41) is 7.19. The zero-order valence-electron chi connectivity index (χ0n) is 6.38. The van der Waals surface area contributed by atoms with Crippen LogP contribution >= 0.6 is 0 Å². The summed E-state index contributed by atoms with van der Waals surface area (Å²) in [4.78, 5) is 10.9. The molecule has 1 unspecified atom stereocenters. The average Bonchev–Trinajstić information content (AvgIpc) is 2.11. The van der Waals surface area contributed by atoms with Gasteiger partial charge in [-0.1, -0.05) is 26.0 Å². The minimum atomic E-state index is -0.313. The quantitative estimate of drug-likeness (QED) is 0.535. The molecule has 10 heavy (non-hydrogen) atoms. The topological polar surface area (TPSA) is 53.8 Å². The first kappa shape index (κ1) is 7.18. The number of hydrogen-bond acceptors (Lipinski definition) is 3. The van der Waals surface area contributed by atoms with Gasteiger partial charge in [0.15, 0.2) is 6.04 Å². The fourth-order valence-electron chi connectivity index (χ4n) is 0.816. The largest absolute Gasteiger partial charge is 0.271 e. The Hall–Kier alpha value is -0.930. The van der Waals surface area contributed by atoms with E-state index in [1.165, 1.54) is 0 Å². The molecule has 56 valence electrons. The Bertz CT molecular complexity index is 180. The predicted molar refractivity (Wildman–Crippen MR) is 36.2 cm³/mol. The Morgan fingerprint density at radius 2 is 2.10 bits per heavy atom. The van der Waals surface area contributed by atoms with Gasteiger partial charge in [-0.2, -0.15) is 5.11 Å². The maximum Gasteiger partial charge on any atom is 0.268 e. The van der Waals surface area contributed by atoms with E-state index in [0.717, 1.165) is 0 Å². The highest BCUT2D eigenvalue weighted by Crippen LogP contribution is 2.24. The molecule has 0 saturated heterocycles. The van der Waals surface area contributed by atoms with E-state index in [1.54, 1.807) is 0 Å². The van der Waals surface area contributed by atoms with Crippen molar-refractivity contribution in [1.29, 1.82) is 0 Å². The highest BCUT2D eigenvalue weighted by atomic mass is 16.2. The number of hydrogen-bond donors (Lipinski definition) is 1. The molecule has 0 aromatic rings. The van der Waals surface area contributed by atoms with Crippen LogP contribution in [0.15, 0.2) is 10.3 Å². The van der Waals surface area contributed by atoms with Gasteiger partial charge in [-0.3, -0.25) is 4.79 Å². The van der Waals surface area contributed by atoms with Crippen LogP contribution in [0.2, 0.25) is 0 Å². The van der Waals surface area contributed by atoms with E-state index in [0.29, 0.717) is 0 Å². The second-order valence-electron chi connectivity index (χ2n) is 3.46. The number of carbonyl (C=O) groups is 1. The van der Waals surface area contributed by atoms with Crippen molar-refractivity contribution < 1.29 is 4.79 Å². The molecule has 4 nitrogen and oxygen atoms in total. The van der Waals surface area contributed by atoms with Crippen LogP contribution in [0.4, 0.5) is 0 Å². The van der Waals surface area contributed by atoms with Crippen molar-refractivity contribution in [1.82, 2.24) is 5.43 Å². The molecule has 1 atom stereocenters. The number of amides is 1. The highest BCUT2D eigenvalue weighted by Gasteiger charge is 2.34. The second kappa shape index (κ2) is 2.04. The highest BCUT2D eigenvalue weighted by molar-refractivity contribution is 5.83. The normalized spacial score (nSPS) is 25.1. The maximum absolute atomic E-state index is 10.9. The summed E-state index contributed by atoms with van der Waals surface area (Å²) >= 11 is 0. The Morgan fingerprint density at radius 1 is 1.50 bits per heavy atom. The van der Waals surface area contributed by atoms with Gasteiger partial charge in [0.05, 0.1) is 0 Å². The molecule has 0 fully saturated rings. The summed E-state index contributed by atoms with van der Waals surface area (Å²) in [7, 11) is 0. The molecule has 1 aliphatic rings.